The Balaban J connectivity index is 1.64. The van der Waals surface area contributed by atoms with E-state index >= 15 is 0 Å². The van der Waals surface area contributed by atoms with Crippen LogP contribution in [0.5, 0.6) is 5.75 Å². The number of carbonyl (C=O) groups is 1. The number of methoxy groups -OCH3 is 2. The topological polar surface area (TPSA) is 96.1 Å². The highest BCUT2D eigenvalue weighted by Crippen LogP contribution is 2.31. The number of hydrogen-bond donors (Lipinski definition) is 2. The molecule has 0 spiro atoms. The Bertz CT molecular complexity index is 939. The molecule has 4 rings (SSSR count). The maximum absolute atomic E-state index is 14.1. The first-order chi connectivity index (χ1) is 12.6. The summed E-state index contributed by atoms with van der Waals surface area (Å²) in [5.41, 5.74) is 1.30. The van der Waals surface area contributed by atoms with E-state index in [4.69, 9.17) is 9.47 Å². The molecule has 0 radical (unpaired) electrons. The molecule has 0 saturated carbocycles. The lowest BCUT2D eigenvalue weighted by atomic mass is 10.0. The molecule has 9 heteroatoms. The van der Waals surface area contributed by atoms with Gasteiger partial charge < -0.3 is 19.4 Å². The molecule has 1 fully saturated rings. The van der Waals surface area contributed by atoms with Gasteiger partial charge in [0.2, 0.25) is 0 Å². The second kappa shape index (κ2) is 6.41. The van der Waals surface area contributed by atoms with E-state index in [-0.39, 0.29) is 23.4 Å². The quantitative estimate of drug-likeness (QED) is 0.739. The van der Waals surface area contributed by atoms with Crippen molar-refractivity contribution in [2.75, 3.05) is 27.3 Å². The molecule has 3 heterocycles. The summed E-state index contributed by atoms with van der Waals surface area (Å²) in [5.74, 6) is -0.223. The van der Waals surface area contributed by atoms with Gasteiger partial charge in [0.25, 0.3) is 5.91 Å². The summed E-state index contributed by atoms with van der Waals surface area (Å²) in [6.07, 6.45) is 1.45. The number of aromatic nitrogens is 4. The monoisotopic (exact) mass is 359 g/mol. The Labute approximate surface area is 148 Å². The number of benzene rings is 1. The lowest BCUT2D eigenvalue weighted by Gasteiger charge is -2.14. The van der Waals surface area contributed by atoms with E-state index < -0.39 is 5.82 Å². The molecule has 1 saturated heterocycles. The van der Waals surface area contributed by atoms with E-state index in [0.29, 0.717) is 29.9 Å². The number of hydrogen-bond acceptors (Lipinski definition) is 5. The van der Waals surface area contributed by atoms with Gasteiger partial charge in [-0.3, -0.25) is 4.79 Å². The summed E-state index contributed by atoms with van der Waals surface area (Å²) in [5, 5.41) is 11.0. The van der Waals surface area contributed by atoms with Crippen molar-refractivity contribution < 1.29 is 18.7 Å². The van der Waals surface area contributed by atoms with Gasteiger partial charge in [-0.15, -0.1) is 0 Å². The summed E-state index contributed by atoms with van der Waals surface area (Å²) in [7, 11) is 3.11. The number of H-pyrrole nitrogens is 2. The van der Waals surface area contributed by atoms with Crippen LogP contribution in [-0.4, -0.2) is 64.6 Å². The minimum Gasteiger partial charge on any atom is -0.496 e. The Morgan fingerprint density at radius 1 is 1.35 bits per heavy atom. The molecule has 8 nitrogen and oxygen atoms in total. The van der Waals surface area contributed by atoms with Gasteiger partial charge in [0, 0.05) is 25.6 Å². The fourth-order valence-corrected chi connectivity index (χ4v) is 3.47. The second-order valence-corrected chi connectivity index (χ2v) is 6.21. The molecule has 0 unspecified atom stereocenters. The molecule has 0 aliphatic carbocycles. The average molecular weight is 359 g/mol. The number of aromatic amines is 2. The molecular formula is C17H18FN5O3. The number of halogens is 1. The number of ether oxygens (including phenoxy) is 2. The lowest BCUT2D eigenvalue weighted by Crippen LogP contribution is -2.30. The number of carbonyl (C=O) groups excluding carboxylic acids is 1. The van der Waals surface area contributed by atoms with Gasteiger partial charge in [0.1, 0.15) is 17.3 Å². The molecule has 1 aliphatic heterocycles. The van der Waals surface area contributed by atoms with Crippen molar-refractivity contribution in [3.8, 4) is 5.75 Å². The van der Waals surface area contributed by atoms with Crippen LogP contribution >= 0.6 is 0 Å². The van der Waals surface area contributed by atoms with Crippen LogP contribution in [0.3, 0.4) is 0 Å². The zero-order chi connectivity index (χ0) is 18.3. The van der Waals surface area contributed by atoms with Crippen molar-refractivity contribution in [1.82, 2.24) is 25.3 Å². The number of fused-ring (bicyclic) bond motifs is 1. The van der Waals surface area contributed by atoms with E-state index in [1.165, 1.54) is 19.2 Å². The third kappa shape index (κ3) is 2.60. The minimum atomic E-state index is -0.434. The molecule has 26 heavy (non-hydrogen) atoms. The van der Waals surface area contributed by atoms with Gasteiger partial charge in [0.05, 0.1) is 36.5 Å². The molecule has 2 aromatic heterocycles. The van der Waals surface area contributed by atoms with E-state index in [1.807, 2.05) is 0 Å². The van der Waals surface area contributed by atoms with Gasteiger partial charge >= 0.3 is 0 Å². The van der Waals surface area contributed by atoms with Crippen LogP contribution in [0.25, 0.3) is 10.9 Å². The third-order valence-corrected chi connectivity index (χ3v) is 4.82. The first kappa shape index (κ1) is 16.5. The van der Waals surface area contributed by atoms with Crippen molar-refractivity contribution in [2.45, 2.75) is 12.0 Å². The molecule has 2 N–H and O–H groups in total. The van der Waals surface area contributed by atoms with E-state index in [2.05, 4.69) is 20.4 Å². The third-order valence-electron chi connectivity index (χ3n) is 4.82. The SMILES string of the molecule is COc1ccc(F)c2[nH]c(C(=O)N3C[C@@H](OC)[C@H](c4cn[nH]n4)C3)cc12. The van der Waals surface area contributed by atoms with Gasteiger partial charge in [-0.2, -0.15) is 15.4 Å². The molecule has 3 aromatic rings. The first-order valence-corrected chi connectivity index (χ1v) is 8.15. The highest BCUT2D eigenvalue weighted by molar-refractivity contribution is 6.00. The highest BCUT2D eigenvalue weighted by atomic mass is 19.1. The predicted molar refractivity (Wildman–Crippen MR) is 90.6 cm³/mol. The smallest absolute Gasteiger partial charge is 0.270 e. The van der Waals surface area contributed by atoms with Crippen LogP contribution in [-0.2, 0) is 4.74 Å². The van der Waals surface area contributed by atoms with Crippen LogP contribution in [0.2, 0.25) is 0 Å². The van der Waals surface area contributed by atoms with Gasteiger partial charge in [0.15, 0.2) is 0 Å². The summed E-state index contributed by atoms with van der Waals surface area (Å²) in [4.78, 5) is 17.5. The summed E-state index contributed by atoms with van der Waals surface area (Å²) >= 11 is 0. The average Bonchev–Trinajstić information content (AvgIpc) is 3.38. The van der Waals surface area contributed by atoms with E-state index in [0.717, 1.165) is 5.69 Å². The predicted octanol–water partition coefficient (Wildman–Crippen LogP) is 1.69. The zero-order valence-corrected chi connectivity index (χ0v) is 14.3. The van der Waals surface area contributed by atoms with E-state index in [1.54, 1.807) is 24.3 Å². The van der Waals surface area contributed by atoms with Crippen molar-refractivity contribution in [1.29, 1.82) is 0 Å². The maximum atomic E-state index is 14.1. The number of amides is 1. The first-order valence-electron chi connectivity index (χ1n) is 8.15. The largest absolute Gasteiger partial charge is 0.496 e. The van der Waals surface area contributed by atoms with E-state index in [9.17, 15) is 9.18 Å². The van der Waals surface area contributed by atoms with Crippen LogP contribution in [0.15, 0.2) is 24.4 Å². The van der Waals surface area contributed by atoms with Crippen molar-refractivity contribution in [2.24, 2.45) is 0 Å². The Morgan fingerprint density at radius 2 is 2.19 bits per heavy atom. The standard InChI is InChI=1S/C17H18FN5O3/c1-25-14-4-3-11(18)16-9(14)5-12(20-16)17(24)23-7-10(15(8-23)26-2)13-6-19-22-21-13/h3-6,10,15,20H,7-8H2,1-2H3,(H,19,21,22)/t10-,15+/m0/s1. The van der Waals surface area contributed by atoms with Gasteiger partial charge in [-0.1, -0.05) is 0 Å². The zero-order valence-electron chi connectivity index (χ0n) is 14.3. The highest BCUT2D eigenvalue weighted by Gasteiger charge is 2.38. The van der Waals surface area contributed by atoms with Crippen LogP contribution in [0.4, 0.5) is 4.39 Å². The molecule has 136 valence electrons. The number of nitrogens with one attached hydrogen (secondary N) is 2. The molecule has 2 atom stereocenters. The summed E-state index contributed by atoms with van der Waals surface area (Å²) < 4.78 is 24.8. The Kier molecular flexibility index (Phi) is 4.08. The summed E-state index contributed by atoms with van der Waals surface area (Å²) in [6.45, 7) is 0.862. The van der Waals surface area contributed by atoms with Gasteiger partial charge in [-0.25, -0.2) is 4.39 Å². The van der Waals surface area contributed by atoms with Crippen molar-refractivity contribution >= 4 is 16.8 Å². The summed E-state index contributed by atoms with van der Waals surface area (Å²) in [6, 6.07) is 4.46. The van der Waals surface area contributed by atoms with Crippen LogP contribution in [0.1, 0.15) is 22.1 Å². The van der Waals surface area contributed by atoms with Crippen LogP contribution in [0, 0.1) is 5.82 Å². The molecule has 1 aliphatic rings. The molecule has 1 aromatic carbocycles. The number of nitrogens with zero attached hydrogens (tertiary/aromatic N) is 3. The Hall–Kier alpha value is -2.94. The lowest BCUT2D eigenvalue weighted by molar-refractivity contribution is 0.0710. The number of likely N-dealkylation sites (tertiary alicyclic amines) is 1. The van der Waals surface area contributed by atoms with Gasteiger partial charge in [-0.05, 0) is 18.2 Å². The maximum Gasteiger partial charge on any atom is 0.270 e. The Morgan fingerprint density at radius 3 is 2.88 bits per heavy atom. The molecular weight excluding hydrogens is 341 g/mol. The van der Waals surface area contributed by atoms with Crippen molar-refractivity contribution in [3.63, 3.8) is 0 Å². The van der Waals surface area contributed by atoms with Crippen molar-refractivity contribution in [3.05, 3.63) is 41.6 Å². The fraction of sp³-hybridized carbons (Fsp3) is 0.353. The molecule has 1 amide bonds. The minimum absolute atomic E-state index is 0.0710. The normalized spacial score (nSPS) is 20.0. The van der Waals surface area contributed by atoms with Crippen LogP contribution < -0.4 is 4.74 Å². The number of rotatable bonds is 4. The molecule has 0 bridgehead atoms. The second-order valence-electron chi connectivity index (χ2n) is 6.21. The fourth-order valence-electron chi connectivity index (χ4n) is 3.47.